The molecule has 1 N–H and O–H groups in total. The molecule has 0 saturated heterocycles. The first kappa shape index (κ1) is 9.63. The highest BCUT2D eigenvalue weighted by Gasteiger charge is 2.28. The van der Waals surface area contributed by atoms with Crippen LogP contribution >= 0.6 is 0 Å². The van der Waals surface area contributed by atoms with Gasteiger partial charge in [-0.15, -0.1) is 0 Å². The molecule has 0 bridgehead atoms. The van der Waals surface area contributed by atoms with Crippen molar-refractivity contribution in [3.8, 4) is 0 Å². The summed E-state index contributed by atoms with van der Waals surface area (Å²) in [7, 11) is 0. The van der Waals surface area contributed by atoms with Crippen LogP contribution in [0.25, 0.3) is 0 Å². The van der Waals surface area contributed by atoms with Gasteiger partial charge in [0.1, 0.15) is 19.3 Å². The Morgan fingerprint density at radius 2 is 2.38 bits per heavy atom. The van der Waals surface area contributed by atoms with Gasteiger partial charge in [0.05, 0.1) is 5.41 Å². The average molecular weight is 186 g/mol. The number of rotatable bonds is 2. The van der Waals surface area contributed by atoms with Gasteiger partial charge in [-0.2, -0.15) is 5.10 Å². The second kappa shape index (κ2) is 3.51. The summed E-state index contributed by atoms with van der Waals surface area (Å²) >= 11 is 0. The Hall–Kier alpha value is -1.46. The molecule has 0 aliphatic heterocycles. The summed E-state index contributed by atoms with van der Waals surface area (Å²) in [5, 5.41) is 15.5. The van der Waals surface area contributed by atoms with E-state index in [2.05, 4.69) is 15.2 Å². The first-order valence-electron chi connectivity index (χ1n) is 3.75. The molecule has 0 radical (unpaired) electrons. The zero-order valence-electron chi connectivity index (χ0n) is 7.48. The van der Waals surface area contributed by atoms with E-state index in [1.165, 1.54) is 17.3 Å². The third-order valence-corrected chi connectivity index (χ3v) is 1.67. The van der Waals surface area contributed by atoms with Crippen LogP contribution in [0.15, 0.2) is 17.8 Å². The van der Waals surface area contributed by atoms with Crippen molar-refractivity contribution in [2.45, 2.75) is 13.8 Å². The fourth-order valence-electron chi connectivity index (χ4n) is 0.869. The van der Waals surface area contributed by atoms with E-state index in [4.69, 9.17) is 5.21 Å². The Kier molecular flexibility index (Phi) is 2.60. The minimum absolute atomic E-state index is 0.132. The summed E-state index contributed by atoms with van der Waals surface area (Å²) in [4.78, 5) is 3.68. The Bertz CT molecular complexity index is 293. The maximum Gasteiger partial charge on any atom is 0.178 e. The molecule has 1 aromatic heterocycles. The summed E-state index contributed by atoms with van der Waals surface area (Å²) in [6.45, 7) is 2.60. The molecule has 0 saturated carbocycles. The predicted octanol–water partition coefficient (Wildman–Crippen LogP) is 0.910. The van der Waals surface area contributed by atoms with Crippen molar-refractivity contribution in [2.75, 3.05) is 6.67 Å². The lowest BCUT2D eigenvalue weighted by Gasteiger charge is -2.20. The molecule has 0 unspecified atom stereocenters. The predicted molar refractivity (Wildman–Crippen MR) is 44.4 cm³/mol. The highest BCUT2D eigenvalue weighted by molar-refractivity contribution is 5.88. The fourth-order valence-corrected chi connectivity index (χ4v) is 0.869. The van der Waals surface area contributed by atoms with Crippen molar-refractivity contribution in [2.24, 2.45) is 10.6 Å². The average Bonchev–Trinajstić information content (AvgIpc) is 2.58. The summed E-state index contributed by atoms with van der Waals surface area (Å²) in [5.74, 6) is 0.132. The van der Waals surface area contributed by atoms with Gasteiger partial charge in [-0.05, 0) is 0 Å². The third kappa shape index (κ3) is 1.82. The van der Waals surface area contributed by atoms with Crippen LogP contribution in [0.3, 0.4) is 0 Å². The molecule has 0 aromatic carbocycles. The lowest BCUT2D eigenvalue weighted by molar-refractivity contribution is 0.285. The monoisotopic (exact) mass is 186 g/mol. The van der Waals surface area contributed by atoms with E-state index < -0.39 is 12.1 Å². The number of halogens is 1. The smallest absolute Gasteiger partial charge is 0.178 e. The number of nitrogens with zero attached hydrogens (tertiary/aromatic N) is 4. The normalized spacial score (nSPS) is 13.3. The molecule has 13 heavy (non-hydrogen) atoms. The fraction of sp³-hybridized carbons (Fsp3) is 0.571. The number of oxime groups is 1. The Balaban J connectivity index is 3.01. The van der Waals surface area contributed by atoms with E-state index in [1.54, 1.807) is 13.8 Å². The Morgan fingerprint density at radius 3 is 2.77 bits per heavy atom. The van der Waals surface area contributed by atoms with E-state index in [0.29, 0.717) is 0 Å². The zero-order chi connectivity index (χ0) is 9.90. The maximum atomic E-state index is 12.5. The van der Waals surface area contributed by atoms with E-state index in [0.717, 1.165) is 0 Å². The highest BCUT2D eigenvalue weighted by Crippen LogP contribution is 2.18. The third-order valence-electron chi connectivity index (χ3n) is 1.67. The molecule has 0 spiro atoms. The number of hydrogen-bond acceptors (Lipinski definition) is 4. The molecule has 0 aliphatic rings. The number of alkyl halides is 1. The minimum Gasteiger partial charge on any atom is -0.409 e. The summed E-state index contributed by atoms with van der Waals surface area (Å²) < 4.78 is 13.8. The van der Waals surface area contributed by atoms with Crippen molar-refractivity contribution in [1.82, 2.24) is 14.8 Å². The van der Waals surface area contributed by atoms with E-state index in [9.17, 15) is 4.39 Å². The first-order valence-corrected chi connectivity index (χ1v) is 3.75. The largest absolute Gasteiger partial charge is 0.409 e. The SMILES string of the molecule is CC(C)(CF)C(=NO)n1cncn1. The van der Waals surface area contributed by atoms with Crippen molar-refractivity contribution in [3.05, 3.63) is 12.7 Å². The molecule has 72 valence electrons. The molecule has 1 rings (SSSR count). The van der Waals surface area contributed by atoms with Crippen LogP contribution < -0.4 is 0 Å². The molecule has 5 nitrogen and oxygen atoms in total. The standard InChI is InChI=1S/C7H11FN4O/c1-7(2,3-8)6(11-13)12-5-9-4-10-12/h4-5,13H,3H2,1-2H3. The molecule has 6 heteroatoms. The van der Waals surface area contributed by atoms with Gasteiger partial charge in [0.2, 0.25) is 0 Å². The van der Waals surface area contributed by atoms with Gasteiger partial charge in [-0.3, -0.25) is 4.39 Å². The van der Waals surface area contributed by atoms with E-state index in [1.807, 2.05) is 0 Å². The summed E-state index contributed by atoms with van der Waals surface area (Å²) in [6, 6.07) is 0. The van der Waals surface area contributed by atoms with Crippen LogP contribution in [0, 0.1) is 5.41 Å². The van der Waals surface area contributed by atoms with Crippen molar-refractivity contribution >= 4 is 5.84 Å². The van der Waals surface area contributed by atoms with Gasteiger partial charge in [0, 0.05) is 0 Å². The molecular weight excluding hydrogens is 175 g/mol. The minimum atomic E-state index is -0.873. The molecule has 0 aliphatic carbocycles. The molecule has 0 amide bonds. The topological polar surface area (TPSA) is 63.3 Å². The molecule has 0 fully saturated rings. The summed E-state index contributed by atoms with van der Waals surface area (Å²) in [6.07, 6.45) is 2.64. The Morgan fingerprint density at radius 1 is 1.69 bits per heavy atom. The Labute approximate surface area is 74.9 Å². The van der Waals surface area contributed by atoms with Crippen LogP contribution in [0.1, 0.15) is 13.8 Å². The van der Waals surface area contributed by atoms with Crippen LogP contribution in [-0.2, 0) is 0 Å². The van der Waals surface area contributed by atoms with Crippen LogP contribution in [0.2, 0.25) is 0 Å². The van der Waals surface area contributed by atoms with Gasteiger partial charge < -0.3 is 5.21 Å². The second-order valence-electron chi connectivity index (χ2n) is 3.28. The van der Waals surface area contributed by atoms with Crippen LogP contribution in [0.5, 0.6) is 0 Å². The van der Waals surface area contributed by atoms with E-state index in [-0.39, 0.29) is 5.84 Å². The van der Waals surface area contributed by atoms with Gasteiger partial charge in [0.15, 0.2) is 5.84 Å². The first-order chi connectivity index (χ1) is 6.11. The lowest BCUT2D eigenvalue weighted by atomic mass is 9.94. The van der Waals surface area contributed by atoms with Gasteiger partial charge in [-0.25, -0.2) is 9.67 Å². The highest BCUT2D eigenvalue weighted by atomic mass is 19.1. The van der Waals surface area contributed by atoms with Crippen molar-refractivity contribution in [3.63, 3.8) is 0 Å². The maximum absolute atomic E-state index is 12.5. The van der Waals surface area contributed by atoms with Crippen LogP contribution in [-0.4, -0.2) is 32.5 Å². The van der Waals surface area contributed by atoms with Crippen molar-refractivity contribution in [1.29, 1.82) is 0 Å². The molecule has 1 heterocycles. The molecular formula is C7H11FN4O. The quantitative estimate of drug-likeness (QED) is 0.323. The summed E-state index contributed by atoms with van der Waals surface area (Å²) in [5.41, 5.74) is -0.873. The lowest BCUT2D eigenvalue weighted by Crippen LogP contribution is -2.33. The zero-order valence-corrected chi connectivity index (χ0v) is 7.48. The van der Waals surface area contributed by atoms with Gasteiger partial charge in [0.25, 0.3) is 0 Å². The van der Waals surface area contributed by atoms with Gasteiger partial charge in [-0.1, -0.05) is 19.0 Å². The van der Waals surface area contributed by atoms with Crippen molar-refractivity contribution < 1.29 is 9.60 Å². The molecule has 1 aromatic rings. The van der Waals surface area contributed by atoms with Crippen LogP contribution in [0.4, 0.5) is 4.39 Å². The van der Waals surface area contributed by atoms with Gasteiger partial charge >= 0.3 is 0 Å². The molecule has 0 atom stereocenters. The van der Waals surface area contributed by atoms with E-state index >= 15 is 0 Å². The second-order valence-corrected chi connectivity index (χ2v) is 3.28. The number of aromatic nitrogens is 3. The number of hydrogen-bond donors (Lipinski definition) is 1.